The van der Waals surface area contributed by atoms with Gasteiger partial charge in [-0.25, -0.2) is 0 Å². The minimum atomic E-state index is -0.164. The number of hydrogen-bond donors (Lipinski definition) is 2. The molecule has 0 saturated carbocycles. The molecule has 0 bridgehead atoms. The van der Waals surface area contributed by atoms with Gasteiger partial charge >= 0.3 is 0 Å². The number of anilines is 1. The van der Waals surface area contributed by atoms with Gasteiger partial charge in [-0.1, -0.05) is 0 Å². The van der Waals surface area contributed by atoms with Crippen molar-refractivity contribution in [2.24, 2.45) is 0 Å². The van der Waals surface area contributed by atoms with Gasteiger partial charge in [-0.15, -0.1) is 0 Å². The van der Waals surface area contributed by atoms with Gasteiger partial charge in [0, 0.05) is 18.3 Å². The Labute approximate surface area is 111 Å². The lowest BCUT2D eigenvalue weighted by Gasteiger charge is -2.18. The number of carbonyl (C=O) groups excluding carboxylic acids is 1. The Morgan fingerprint density at radius 1 is 1.00 bits per heavy atom. The lowest BCUT2D eigenvalue weighted by atomic mass is 10.1. The van der Waals surface area contributed by atoms with Crippen molar-refractivity contribution >= 4 is 11.6 Å². The van der Waals surface area contributed by atoms with Crippen molar-refractivity contribution in [3.8, 4) is 11.5 Å². The predicted molar refractivity (Wildman–Crippen MR) is 73.7 cm³/mol. The fourth-order valence-electron chi connectivity index (χ4n) is 1.86. The van der Waals surface area contributed by atoms with E-state index in [9.17, 15) is 15.0 Å². The number of benzene rings is 2. The molecule has 0 saturated heterocycles. The molecule has 1 amide bonds. The van der Waals surface area contributed by atoms with E-state index in [0.717, 1.165) is 5.56 Å². The molecule has 0 heterocycles. The highest BCUT2D eigenvalue weighted by atomic mass is 16.3. The summed E-state index contributed by atoms with van der Waals surface area (Å²) in [6.45, 7) is 1.78. The second-order valence-electron chi connectivity index (χ2n) is 4.38. The summed E-state index contributed by atoms with van der Waals surface area (Å²) < 4.78 is 0. The summed E-state index contributed by atoms with van der Waals surface area (Å²) in [6.07, 6.45) is 0. The van der Waals surface area contributed by atoms with E-state index in [-0.39, 0.29) is 17.4 Å². The molecular formula is C15H15NO3. The van der Waals surface area contributed by atoms with Crippen molar-refractivity contribution in [3.05, 3.63) is 53.6 Å². The Morgan fingerprint density at radius 2 is 1.58 bits per heavy atom. The van der Waals surface area contributed by atoms with Crippen molar-refractivity contribution < 1.29 is 15.0 Å². The highest BCUT2D eigenvalue weighted by Crippen LogP contribution is 2.22. The minimum Gasteiger partial charge on any atom is -0.508 e. The highest BCUT2D eigenvalue weighted by molar-refractivity contribution is 6.06. The number of nitrogens with zero attached hydrogens (tertiary/aromatic N) is 1. The Bertz CT molecular complexity index is 605. The molecule has 19 heavy (non-hydrogen) atoms. The standard InChI is InChI=1S/C15H15NO3/c1-10-9-13(18)7-8-14(10)15(19)16(2)11-3-5-12(17)6-4-11/h3-9,17-18H,1-2H3. The SMILES string of the molecule is Cc1cc(O)ccc1C(=O)N(C)c1ccc(O)cc1. The Hall–Kier alpha value is -2.49. The molecule has 98 valence electrons. The van der Waals surface area contributed by atoms with Crippen LogP contribution in [0.2, 0.25) is 0 Å². The van der Waals surface area contributed by atoms with Crippen molar-refractivity contribution in [3.63, 3.8) is 0 Å². The second-order valence-corrected chi connectivity index (χ2v) is 4.38. The fraction of sp³-hybridized carbons (Fsp3) is 0.133. The molecule has 4 nitrogen and oxygen atoms in total. The van der Waals surface area contributed by atoms with Crippen LogP contribution in [0.3, 0.4) is 0 Å². The van der Waals surface area contributed by atoms with Crippen LogP contribution in [0, 0.1) is 6.92 Å². The predicted octanol–water partition coefficient (Wildman–Crippen LogP) is 2.68. The topological polar surface area (TPSA) is 60.8 Å². The van der Waals surface area contributed by atoms with Crippen molar-refractivity contribution in [1.82, 2.24) is 0 Å². The van der Waals surface area contributed by atoms with Gasteiger partial charge in [0.05, 0.1) is 0 Å². The van der Waals surface area contributed by atoms with Crippen molar-refractivity contribution in [1.29, 1.82) is 0 Å². The number of carbonyl (C=O) groups is 1. The van der Waals surface area contributed by atoms with Gasteiger partial charge in [-0.3, -0.25) is 4.79 Å². The summed E-state index contributed by atoms with van der Waals surface area (Å²) in [5.74, 6) is 0.134. The van der Waals surface area contributed by atoms with Gasteiger partial charge in [0.25, 0.3) is 5.91 Å². The number of rotatable bonds is 2. The van der Waals surface area contributed by atoms with E-state index in [0.29, 0.717) is 11.3 Å². The molecule has 0 aromatic heterocycles. The monoisotopic (exact) mass is 257 g/mol. The first-order valence-electron chi connectivity index (χ1n) is 5.86. The van der Waals surface area contributed by atoms with Crippen LogP contribution < -0.4 is 4.90 Å². The lowest BCUT2D eigenvalue weighted by molar-refractivity contribution is 0.0992. The first-order valence-corrected chi connectivity index (χ1v) is 5.86. The van der Waals surface area contributed by atoms with Gasteiger partial charge in [0.2, 0.25) is 0 Å². The van der Waals surface area contributed by atoms with Crippen molar-refractivity contribution in [2.45, 2.75) is 6.92 Å². The number of amides is 1. The second kappa shape index (κ2) is 5.02. The molecule has 0 aliphatic rings. The van der Waals surface area contributed by atoms with Crippen LogP contribution in [0.5, 0.6) is 11.5 Å². The van der Waals surface area contributed by atoms with Gasteiger partial charge in [-0.2, -0.15) is 0 Å². The Balaban J connectivity index is 2.30. The van der Waals surface area contributed by atoms with Crippen LogP contribution in [-0.4, -0.2) is 23.2 Å². The van der Waals surface area contributed by atoms with Crippen molar-refractivity contribution in [2.75, 3.05) is 11.9 Å². The Morgan fingerprint density at radius 3 is 2.16 bits per heavy atom. The maximum absolute atomic E-state index is 12.3. The minimum absolute atomic E-state index is 0.140. The fourth-order valence-corrected chi connectivity index (χ4v) is 1.86. The van der Waals surface area contributed by atoms with E-state index in [1.54, 1.807) is 38.2 Å². The zero-order chi connectivity index (χ0) is 14.0. The third-order valence-electron chi connectivity index (χ3n) is 2.98. The number of phenols is 2. The van der Waals surface area contributed by atoms with Crippen LogP contribution in [0.25, 0.3) is 0 Å². The lowest BCUT2D eigenvalue weighted by Crippen LogP contribution is -2.26. The number of phenolic OH excluding ortho intramolecular Hbond substituents is 2. The molecule has 2 aromatic carbocycles. The molecule has 2 N–H and O–H groups in total. The summed E-state index contributed by atoms with van der Waals surface area (Å²) in [7, 11) is 1.67. The van der Waals surface area contributed by atoms with E-state index in [1.807, 2.05) is 0 Å². The van der Waals surface area contributed by atoms with Gasteiger partial charge in [-0.05, 0) is 55.0 Å². The summed E-state index contributed by atoms with van der Waals surface area (Å²) in [6, 6.07) is 11.0. The molecule has 0 unspecified atom stereocenters. The summed E-state index contributed by atoms with van der Waals surface area (Å²) in [5.41, 5.74) is 1.94. The number of aryl methyl sites for hydroxylation is 1. The third-order valence-corrected chi connectivity index (χ3v) is 2.98. The maximum atomic E-state index is 12.3. The summed E-state index contributed by atoms with van der Waals surface area (Å²) in [4.78, 5) is 13.8. The van der Waals surface area contributed by atoms with Crippen LogP contribution in [0.15, 0.2) is 42.5 Å². The third kappa shape index (κ3) is 2.68. The molecular weight excluding hydrogens is 242 g/mol. The smallest absolute Gasteiger partial charge is 0.258 e. The van der Waals surface area contributed by atoms with E-state index in [1.165, 1.54) is 23.1 Å². The normalized spacial score (nSPS) is 10.2. The molecule has 0 radical (unpaired) electrons. The van der Waals surface area contributed by atoms with Crippen LogP contribution in [0.4, 0.5) is 5.69 Å². The maximum Gasteiger partial charge on any atom is 0.258 e. The molecule has 0 spiro atoms. The van der Waals surface area contributed by atoms with Crippen LogP contribution in [-0.2, 0) is 0 Å². The highest BCUT2D eigenvalue weighted by Gasteiger charge is 2.15. The average molecular weight is 257 g/mol. The van der Waals surface area contributed by atoms with Crippen LogP contribution in [0.1, 0.15) is 15.9 Å². The van der Waals surface area contributed by atoms with Gasteiger partial charge < -0.3 is 15.1 Å². The summed E-state index contributed by atoms with van der Waals surface area (Å²) in [5, 5.41) is 18.6. The molecule has 0 aliphatic heterocycles. The van der Waals surface area contributed by atoms with E-state index < -0.39 is 0 Å². The zero-order valence-corrected chi connectivity index (χ0v) is 10.8. The largest absolute Gasteiger partial charge is 0.508 e. The van der Waals surface area contributed by atoms with E-state index >= 15 is 0 Å². The molecule has 2 rings (SSSR count). The average Bonchev–Trinajstić information content (AvgIpc) is 2.38. The first kappa shape index (κ1) is 13.0. The Kier molecular flexibility index (Phi) is 3.42. The number of hydrogen-bond acceptors (Lipinski definition) is 3. The quantitative estimate of drug-likeness (QED) is 0.869. The van der Waals surface area contributed by atoms with E-state index in [4.69, 9.17) is 0 Å². The van der Waals surface area contributed by atoms with E-state index in [2.05, 4.69) is 0 Å². The molecule has 0 aliphatic carbocycles. The van der Waals surface area contributed by atoms with Crippen LogP contribution >= 0.6 is 0 Å². The molecule has 0 atom stereocenters. The summed E-state index contributed by atoms with van der Waals surface area (Å²) >= 11 is 0. The van der Waals surface area contributed by atoms with Gasteiger partial charge in [0.1, 0.15) is 11.5 Å². The number of aromatic hydroxyl groups is 2. The molecule has 0 fully saturated rings. The van der Waals surface area contributed by atoms with Gasteiger partial charge in [0.15, 0.2) is 0 Å². The molecule has 2 aromatic rings. The molecule has 4 heteroatoms. The zero-order valence-electron chi connectivity index (χ0n) is 10.8. The first-order chi connectivity index (χ1) is 8.99.